The van der Waals surface area contributed by atoms with Crippen LogP contribution >= 0.6 is 0 Å². The van der Waals surface area contributed by atoms with Crippen molar-refractivity contribution in [3.63, 3.8) is 0 Å². The summed E-state index contributed by atoms with van der Waals surface area (Å²) in [7, 11) is 1.59. The van der Waals surface area contributed by atoms with Crippen molar-refractivity contribution in [1.29, 1.82) is 0 Å². The second-order valence-corrected chi connectivity index (χ2v) is 4.22. The third kappa shape index (κ3) is 1.79. The molecule has 90 valence electrons. The monoisotopic (exact) mass is 233 g/mol. The Bertz CT molecular complexity index is 452. The lowest BCUT2D eigenvalue weighted by atomic mass is 9.77. The van der Waals surface area contributed by atoms with Crippen molar-refractivity contribution in [2.75, 3.05) is 7.11 Å². The molecule has 1 N–H and O–H groups in total. The Morgan fingerprint density at radius 3 is 2.35 bits per heavy atom. The fraction of sp³-hybridized carbons (Fsp3) is 0.385. The van der Waals surface area contributed by atoms with Crippen LogP contribution < -0.4 is 10.1 Å². The number of nitrogens with one attached hydrogen (secondary N) is 1. The van der Waals surface area contributed by atoms with Crippen molar-refractivity contribution in [2.45, 2.75) is 25.2 Å². The highest BCUT2D eigenvalue weighted by molar-refractivity contribution is 6.09. The first-order valence-electron chi connectivity index (χ1n) is 5.61. The van der Waals surface area contributed by atoms with Crippen molar-refractivity contribution < 1.29 is 14.3 Å². The lowest BCUT2D eigenvalue weighted by molar-refractivity contribution is -0.126. The van der Waals surface area contributed by atoms with Gasteiger partial charge in [-0.05, 0) is 24.1 Å². The molecular formula is C13H15NO3. The van der Waals surface area contributed by atoms with E-state index in [2.05, 4.69) is 5.32 Å². The Morgan fingerprint density at radius 1 is 1.29 bits per heavy atom. The van der Waals surface area contributed by atoms with E-state index in [0.29, 0.717) is 6.42 Å². The first-order chi connectivity index (χ1) is 8.12. The Kier molecular flexibility index (Phi) is 2.88. The van der Waals surface area contributed by atoms with Crippen molar-refractivity contribution in [1.82, 2.24) is 5.32 Å². The summed E-state index contributed by atoms with van der Waals surface area (Å²) in [5, 5.41) is 2.38. The van der Waals surface area contributed by atoms with Crippen molar-refractivity contribution in [2.24, 2.45) is 0 Å². The molecule has 1 aliphatic heterocycles. The first kappa shape index (κ1) is 11.6. The maximum atomic E-state index is 11.9. The lowest BCUT2D eigenvalue weighted by Gasteiger charge is -2.24. The van der Waals surface area contributed by atoms with Crippen LogP contribution in [-0.2, 0) is 15.0 Å². The third-order valence-corrected chi connectivity index (χ3v) is 3.40. The highest BCUT2D eigenvalue weighted by Crippen LogP contribution is 2.36. The predicted molar refractivity (Wildman–Crippen MR) is 62.7 cm³/mol. The van der Waals surface area contributed by atoms with Gasteiger partial charge in [-0.1, -0.05) is 19.1 Å². The largest absolute Gasteiger partial charge is 0.497 e. The lowest BCUT2D eigenvalue weighted by Crippen LogP contribution is -2.34. The van der Waals surface area contributed by atoms with E-state index in [1.165, 1.54) is 0 Å². The SMILES string of the molecule is CCC1(c2ccc(OC)cc2)CC(=O)NC1=O. The molecule has 2 rings (SSSR count). The third-order valence-electron chi connectivity index (χ3n) is 3.40. The molecule has 0 aliphatic carbocycles. The molecule has 17 heavy (non-hydrogen) atoms. The fourth-order valence-electron chi connectivity index (χ4n) is 2.28. The minimum Gasteiger partial charge on any atom is -0.497 e. The molecule has 0 bridgehead atoms. The van der Waals surface area contributed by atoms with Crippen LogP contribution in [0.2, 0.25) is 0 Å². The molecule has 1 aromatic rings. The zero-order valence-electron chi connectivity index (χ0n) is 9.95. The van der Waals surface area contributed by atoms with E-state index < -0.39 is 5.41 Å². The van der Waals surface area contributed by atoms with Crippen molar-refractivity contribution in [3.05, 3.63) is 29.8 Å². The summed E-state index contributed by atoms with van der Waals surface area (Å²) >= 11 is 0. The van der Waals surface area contributed by atoms with Crippen LogP contribution in [0.15, 0.2) is 24.3 Å². The maximum Gasteiger partial charge on any atom is 0.237 e. The molecule has 1 saturated heterocycles. The van der Waals surface area contributed by atoms with Crippen LogP contribution in [0.5, 0.6) is 5.75 Å². The summed E-state index contributed by atoms with van der Waals surface area (Å²) in [6, 6.07) is 7.31. The van der Waals surface area contributed by atoms with E-state index in [1.54, 1.807) is 7.11 Å². The number of carbonyl (C=O) groups excluding carboxylic acids is 2. The van der Waals surface area contributed by atoms with Gasteiger partial charge in [0.15, 0.2) is 0 Å². The number of rotatable bonds is 3. The molecule has 0 saturated carbocycles. The molecular weight excluding hydrogens is 218 g/mol. The van der Waals surface area contributed by atoms with Gasteiger partial charge in [0.25, 0.3) is 0 Å². The Balaban J connectivity index is 2.41. The number of benzene rings is 1. The molecule has 1 aliphatic rings. The standard InChI is InChI=1S/C13H15NO3/c1-3-13(8-11(15)14-12(13)16)9-4-6-10(17-2)7-5-9/h4-7H,3,8H2,1-2H3,(H,14,15,16). The zero-order valence-corrected chi connectivity index (χ0v) is 9.95. The quantitative estimate of drug-likeness (QED) is 0.803. The van der Waals surface area contributed by atoms with Gasteiger partial charge < -0.3 is 4.74 Å². The van der Waals surface area contributed by atoms with Gasteiger partial charge in [-0.3, -0.25) is 14.9 Å². The van der Waals surface area contributed by atoms with Gasteiger partial charge in [0, 0.05) is 6.42 Å². The zero-order chi connectivity index (χ0) is 12.5. The average molecular weight is 233 g/mol. The van der Waals surface area contributed by atoms with Crippen LogP contribution in [0.4, 0.5) is 0 Å². The summed E-state index contributed by atoms with van der Waals surface area (Å²) in [5.74, 6) is 0.340. The number of methoxy groups -OCH3 is 1. The van der Waals surface area contributed by atoms with Gasteiger partial charge in [-0.2, -0.15) is 0 Å². The molecule has 2 amide bonds. The molecule has 1 fully saturated rings. The fourth-order valence-corrected chi connectivity index (χ4v) is 2.28. The Labute approximate surface area is 100.0 Å². The molecule has 1 unspecified atom stereocenters. The van der Waals surface area contributed by atoms with Gasteiger partial charge in [-0.25, -0.2) is 0 Å². The highest BCUT2D eigenvalue weighted by atomic mass is 16.5. The molecule has 4 heteroatoms. The molecule has 4 nitrogen and oxygen atoms in total. The van der Waals surface area contributed by atoms with Gasteiger partial charge >= 0.3 is 0 Å². The summed E-state index contributed by atoms with van der Waals surface area (Å²) in [5.41, 5.74) is 0.160. The smallest absolute Gasteiger partial charge is 0.237 e. The van der Waals surface area contributed by atoms with E-state index in [4.69, 9.17) is 4.74 Å². The molecule has 1 atom stereocenters. The van der Waals surface area contributed by atoms with E-state index in [-0.39, 0.29) is 18.2 Å². The van der Waals surface area contributed by atoms with Gasteiger partial charge in [0.05, 0.1) is 12.5 Å². The van der Waals surface area contributed by atoms with E-state index in [1.807, 2.05) is 31.2 Å². The minimum atomic E-state index is -0.705. The summed E-state index contributed by atoms with van der Waals surface area (Å²) in [4.78, 5) is 23.3. The second-order valence-electron chi connectivity index (χ2n) is 4.22. The number of hydrogen-bond donors (Lipinski definition) is 1. The normalized spacial score (nSPS) is 23.6. The Morgan fingerprint density at radius 2 is 1.94 bits per heavy atom. The average Bonchev–Trinajstić information content (AvgIpc) is 2.65. The van der Waals surface area contributed by atoms with Crippen LogP contribution in [0.3, 0.4) is 0 Å². The van der Waals surface area contributed by atoms with E-state index in [9.17, 15) is 9.59 Å². The second kappa shape index (κ2) is 4.20. The topological polar surface area (TPSA) is 55.4 Å². The highest BCUT2D eigenvalue weighted by Gasteiger charge is 2.46. The summed E-state index contributed by atoms with van der Waals surface area (Å²) < 4.78 is 5.08. The summed E-state index contributed by atoms with van der Waals surface area (Å²) in [6.07, 6.45) is 0.839. The molecule has 0 spiro atoms. The van der Waals surface area contributed by atoms with Crippen LogP contribution in [-0.4, -0.2) is 18.9 Å². The molecule has 0 aromatic heterocycles. The van der Waals surface area contributed by atoms with E-state index in [0.717, 1.165) is 11.3 Å². The van der Waals surface area contributed by atoms with Gasteiger partial charge in [-0.15, -0.1) is 0 Å². The number of ether oxygens (including phenoxy) is 1. The predicted octanol–water partition coefficient (Wildman–Crippen LogP) is 1.39. The van der Waals surface area contributed by atoms with E-state index >= 15 is 0 Å². The number of carbonyl (C=O) groups is 2. The number of amides is 2. The minimum absolute atomic E-state index is 0.199. The summed E-state index contributed by atoms with van der Waals surface area (Å²) in [6.45, 7) is 1.92. The molecule has 1 heterocycles. The first-order valence-corrected chi connectivity index (χ1v) is 5.61. The maximum absolute atomic E-state index is 11.9. The van der Waals surface area contributed by atoms with Gasteiger partial charge in [0.2, 0.25) is 11.8 Å². The molecule has 0 radical (unpaired) electrons. The molecule has 1 aromatic carbocycles. The Hall–Kier alpha value is -1.84. The van der Waals surface area contributed by atoms with Crippen molar-refractivity contribution >= 4 is 11.8 Å². The number of imide groups is 1. The van der Waals surface area contributed by atoms with Crippen LogP contribution in [0, 0.1) is 0 Å². The van der Waals surface area contributed by atoms with Crippen molar-refractivity contribution in [3.8, 4) is 5.75 Å². The van der Waals surface area contributed by atoms with Gasteiger partial charge in [0.1, 0.15) is 5.75 Å². The number of hydrogen-bond acceptors (Lipinski definition) is 3. The van der Waals surface area contributed by atoms with Crippen LogP contribution in [0.25, 0.3) is 0 Å². The van der Waals surface area contributed by atoms with Crippen LogP contribution in [0.1, 0.15) is 25.3 Å².